The van der Waals surface area contributed by atoms with Crippen LogP contribution in [0.2, 0.25) is 0 Å². The zero-order valence-corrected chi connectivity index (χ0v) is 11.5. The molecule has 0 spiro atoms. The third-order valence-corrected chi connectivity index (χ3v) is 4.54. The number of pyridine rings is 1. The summed E-state index contributed by atoms with van der Waals surface area (Å²) in [6, 6.07) is 1.80. The van der Waals surface area contributed by atoms with E-state index in [0.29, 0.717) is 11.8 Å². The fourth-order valence-electron chi connectivity index (χ4n) is 3.30. The number of nitrogens with two attached hydrogens (primary N) is 1. The summed E-state index contributed by atoms with van der Waals surface area (Å²) >= 11 is 0. The maximum atomic E-state index is 13.3. The number of nitrogens with zero attached hydrogens (tertiary/aromatic N) is 1. The van der Waals surface area contributed by atoms with Crippen molar-refractivity contribution in [2.24, 2.45) is 17.6 Å². The Bertz CT molecular complexity index is 417. The third kappa shape index (κ3) is 2.56. The van der Waals surface area contributed by atoms with E-state index in [9.17, 15) is 4.39 Å². The van der Waals surface area contributed by atoms with Crippen LogP contribution in [0.15, 0.2) is 18.5 Å². The van der Waals surface area contributed by atoms with E-state index in [0.717, 1.165) is 18.4 Å². The first-order valence-corrected chi connectivity index (χ1v) is 6.78. The average molecular weight is 250 g/mol. The van der Waals surface area contributed by atoms with Gasteiger partial charge in [0.2, 0.25) is 0 Å². The predicted octanol–water partition coefficient (Wildman–Crippen LogP) is 3.26. The van der Waals surface area contributed by atoms with Crippen LogP contribution in [0, 0.1) is 17.7 Å². The van der Waals surface area contributed by atoms with Gasteiger partial charge in [-0.05, 0) is 41.7 Å². The van der Waals surface area contributed by atoms with Crippen molar-refractivity contribution in [3.63, 3.8) is 0 Å². The number of halogens is 1. The fraction of sp³-hybridized carbons (Fsp3) is 0.667. The second-order valence-electron chi connectivity index (χ2n) is 6.30. The molecule has 3 unspecified atom stereocenters. The van der Waals surface area contributed by atoms with Crippen LogP contribution in [0.5, 0.6) is 0 Å². The highest BCUT2D eigenvalue weighted by Gasteiger charge is 2.38. The fourth-order valence-corrected chi connectivity index (χ4v) is 3.30. The van der Waals surface area contributed by atoms with Crippen molar-refractivity contribution in [3.05, 3.63) is 29.8 Å². The summed E-state index contributed by atoms with van der Waals surface area (Å²) in [5.74, 6) is 0.841. The first-order chi connectivity index (χ1) is 8.41. The molecule has 0 aromatic carbocycles. The molecule has 1 aliphatic rings. The van der Waals surface area contributed by atoms with Gasteiger partial charge in [-0.15, -0.1) is 0 Å². The zero-order chi connectivity index (χ0) is 13.3. The Labute approximate surface area is 109 Å². The Morgan fingerprint density at radius 2 is 2.06 bits per heavy atom. The summed E-state index contributed by atoms with van der Waals surface area (Å²) in [7, 11) is 0. The highest BCUT2D eigenvalue weighted by molar-refractivity contribution is 5.22. The summed E-state index contributed by atoms with van der Waals surface area (Å²) < 4.78 is 13.3. The molecule has 3 atom stereocenters. The standard InChI is InChI=1S/C15H23FN2/c1-10-4-5-13(14(17)6-10)15(2,3)11-7-12(16)9-18-8-11/h7-10,13-14H,4-6,17H2,1-3H3. The van der Waals surface area contributed by atoms with Crippen LogP contribution in [0.25, 0.3) is 0 Å². The molecule has 2 rings (SSSR count). The van der Waals surface area contributed by atoms with E-state index in [1.54, 1.807) is 12.3 Å². The van der Waals surface area contributed by atoms with Crippen molar-refractivity contribution in [2.75, 3.05) is 0 Å². The van der Waals surface area contributed by atoms with E-state index < -0.39 is 0 Å². The van der Waals surface area contributed by atoms with Gasteiger partial charge < -0.3 is 5.73 Å². The van der Waals surface area contributed by atoms with Crippen LogP contribution >= 0.6 is 0 Å². The highest BCUT2D eigenvalue weighted by atomic mass is 19.1. The van der Waals surface area contributed by atoms with Gasteiger partial charge in [0.15, 0.2) is 0 Å². The smallest absolute Gasteiger partial charge is 0.141 e. The van der Waals surface area contributed by atoms with Crippen molar-refractivity contribution in [2.45, 2.75) is 51.5 Å². The lowest BCUT2D eigenvalue weighted by atomic mass is 9.64. The van der Waals surface area contributed by atoms with E-state index in [4.69, 9.17) is 5.73 Å². The molecule has 3 heteroatoms. The molecule has 0 amide bonds. The van der Waals surface area contributed by atoms with Gasteiger partial charge in [0.25, 0.3) is 0 Å². The Morgan fingerprint density at radius 3 is 2.67 bits per heavy atom. The summed E-state index contributed by atoms with van der Waals surface area (Å²) in [4.78, 5) is 3.97. The lowest BCUT2D eigenvalue weighted by Crippen LogP contribution is -2.45. The highest BCUT2D eigenvalue weighted by Crippen LogP contribution is 2.41. The average Bonchev–Trinajstić information content (AvgIpc) is 2.28. The largest absolute Gasteiger partial charge is 0.327 e. The second-order valence-corrected chi connectivity index (χ2v) is 6.30. The molecule has 0 radical (unpaired) electrons. The topological polar surface area (TPSA) is 38.9 Å². The Hall–Kier alpha value is -0.960. The maximum Gasteiger partial charge on any atom is 0.141 e. The van der Waals surface area contributed by atoms with Crippen molar-refractivity contribution >= 4 is 0 Å². The van der Waals surface area contributed by atoms with Gasteiger partial charge in [0.1, 0.15) is 5.82 Å². The maximum absolute atomic E-state index is 13.3. The third-order valence-electron chi connectivity index (χ3n) is 4.54. The van der Waals surface area contributed by atoms with E-state index in [-0.39, 0.29) is 17.3 Å². The van der Waals surface area contributed by atoms with Gasteiger partial charge >= 0.3 is 0 Å². The quantitative estimate of drug-likeness (QED) is 0.875. The van der Waals surface area contributed by atoms with Crippen LogP contribution < -0.4 is 5.73 Å². The normalized spacial score (nSPS) is 29.3. The minimum atomic E-state index is -0.265. The van der Waals surface area contributed by atoms with Crippen LogP contribution in [-0.4, -0.2) is 11.0 Å². The molecule has 1 heterocycles. The van der Waals surface area contributed by atoms with E-state index >= 15 is 0 Å². The van der Waals surface area contributed by atoms with Crippen molar-refractivity contribution in [1.29, 1.82) is 0 Å². The number of hydrogen-bond acceptors (Lipinski definition) is 2. The molecule has 0 bridgehead atoms. The van der Waals surface area contributed by atoms with Gasteiger partial charge in [0.05, 0.1) is 6.20 Å². The van der Waals surface area contributed by atoms with Crippen molar-refractivity contribution in [1.82, 2.24) is 4.98 Å². The van der Waals surface area contributed by atoms with Crippen LogP contribution in [0.3, 0.4) is 0 Å². The number of aromatic nitrogens is 1. The molecule has 1 fully saturated rings. The molecule has 18 heavy (non-hydrogen) atoms. The molecule has 1 saturated carbocycles. The monoisotopic (exact) mass is 250 g/mol. The molecule has 0 aliphatic heterocycles. The van der Waals surface area contributed by atoms with Gasteiger partial charge in [-0.2, -0.15) is 0 Å². The van der Waals surface area contributed by atoms with Gasteiger partial charge in [-0.3, -0.25) is 4.98 Å². The summed E-state index contributed by atoms with van der Waals surface area (Å²) in [5, 5.41) is 0. The lowest BCUT2D eigenvalue weighted by Gasteiger charge is -2.43. The molecule has 0 saturated heterocycles. The molecule has 1 aliphatic carbocycles. The van der Waals surface area contributed by atoms with Gasteiger partial charge in [-0.1, -0.05) is 27.2 Å². The van der Waals surface area contributed by atoms with E-state index in [2.05, 4.69) is 25.8 Å². The molecule has 1 aromatic rings. The first-order valence-electron chi connectivity index (χ1n) is 6.78. The number of hydrogen-bond donors (Lipinski definition) is 1. The molecule has 100 valence electrons. The van der Waals surface area contributed by atoms with Crippen LogP contribution in [0.4, 0.5) is 4.39 Å². The molecular weight excluding hydrogens is 227 g/mol. The lowest BCUT2D eigenvalue weighted by molar-refractivity contribution is 0.170. The summed E-state index contributed by atoms with van der Waals surface area (Å²) in [6.45, 7) is 6.57. The summed E-state index contributed by atoms with van der Waals surface area (Å²) in [6.07, 6.45) is 6.42. The molecule has 2 nitrogen and oxygen atoms in total. The van der Waals surface area contributed by atoms with Crippen LogP contribution in [0.1, 0.15) is 45.6 Å². The predicted molar refractivity (Wildman–Crippen MR) is 71.7 cm³/mol. The van der Waals surface area contributed by atoms with E-state index in [1.807, 2.05) is 0 Å². The Morgan fingerprint density at radius 1 is 1.33 bits per heavy atom. The van der Waals surface area contributed by atoms with Crippen molar-refractivity contribution < 1.29 is 4.39 Å². The molecule has 1 aromatic heterocycles. The van der Waals surface area contributed by atoms with Crippen molar-refractivity contribution in [3.8, 4) is 0 Å². The molecular formula is C15H23FN2. The first kappa shape index (κ1) is 13.5. The van der Waals surface area contributed by atoms with Crippen LogP contribution in [-0.2, 0) is 5.41 Å². The minimum Gasteiger partial charge on any atom is -0.327 e. The summed E-state index contributed by atoms with van der Waals surface area (Å²) in [5.41, 5.74) is 7.16. The SMILES string of the molecule is CC1CCC(C(C)(C)c2cncc(F)c2)C(N)C1. The minimum absolute atomic E-state index is 0.116. The van der Waals surface area contributed by atoms with E-state index in [1.165, 1.54) is 12.6 Å². The molecule has 2 N–H and O–H groups in total. The Balaban J connectivity index is 2.25. The number of rotatable bonds is 2. The second kappa shape index (κ2) is 4.96. The van der Waals surface area contributed by atoms with Gasteiger partial charge in [-0.25, -0.2) is 4.39 Å². The zero-order valence-electron chi connectivity index (χ0n) is 11.5. The van der Waals surface area contributed by atoms with Gasteiger partial charge in [0, 0.05) is 12.2 Å². The Kier molecular flexibility index (Phi) is 3.71.